The Balaban J connectivity index is 2.28. The maximum atomic E-state index is 8.70. The summed E-state index contributed by atoms with van der Waals surface area (Å²) in [6.45, 7) is 0.804. The smallest absolute Gasteiger partial charge is 0.142 e. The Morgan fingerprint density at radius 2 is 2.29 bits per heavy atom. The van der Waals surface area contributed by atoms with Crippen LogP contribution in [-0.4, -0.2) is 11.5 Å². The summed E-state index contributed by atoms with van der Waals surface area (Å²) in [6.07, 6.45) is 7.93. The molecule has 68 valence electrons. The van der Waals surface area contributed by atoms with Crippen LogP contribution in [0.5, 0.6) is 0 Å². The topological polar surface area (TPSA) is 39.9 Å². The van der Waals surface area contributed by atoms with Crippen molar-refractivity contribution < 1.29 is 0 Å². The zero-order chi connectivity index (χ0) is 9.80. The fourth-order valence-electron chi connectivity index (χ4n) is 1.28. The average molecular weight is 183 g/mol. The van der Waals surface area contributed by atoms with Crippen molar-refractivity contribution in [3.05, 3.63) is 48.3 Å². The molecule has 3 heteroatoms. The van der Waals surface area contributed by atoms with Crippen LogP contribution in [-0.2, 0) is 0 Å². The monoisotopic (exact) mass is 183 g/mol. The molecular weight excluding hydrogens is 174 g/mol. The molecule has 0 saturated carbocycles. The summed E-state index contributed by atoms with van der Waals surface area (Å²) in [4.78, 5) is 6.18. The summed E-state index contributed by atoms with van der Waals surface area (Å²) < 4.78 is 0. The van der Waals surface area contributed by atoms with E-state index in [9.17, 15) is 0 Å². The van der Waals surface area contributed by atoms with Crippen molar-refractivity contribution in [3.63, 3.8) is 0 Å². The summed E-state index contributed by atoms with van der Waals surface area (Å²) in [5.74, 6) is 0.810. The summed E-state index contributed by atoms with van der Waals surface area (Å²) >= 11 is 0. The van der Waals surface area contributed by atoms with Crippen molar-refractivity contribution >= 4 is 5.82 Å². The summed E-state index contributed by atoms with van der Waals surface area (Å²) in [5, 5.41) is 8.70. The molecule has 1 aliphatic heterocycles. The van der Waals surface area contributed by atoms with Crippen molar-refractivity contribution in [1.29, 1.82) is 5.26 Å². The van der Waals surface area contributed by atoms with E-state index in [1.807, 2.05) is 47.5 Å². The van der Waals surface area contributed by atoms with Gasteiger partial charge in [0.25, 0.3) is 0 Å². The third kappa shape index (κ3) is 1.64. The molecule has 0 amide bonds. The molecule has 3 nitrogen and oxygen atoms in total. The first-order valence-corrected chi connectivity index (χ1v) is 4.37. The Labute approximate surface area is 82.6 Å². The van der Waals surface area contributed by atoms with Gasteiger partial charge < -0.3 is 4.90 Å². The minimum Gasteiger partial charge on any atom is -0.329 e. The lowest BCUT2D eigenvalue weighted by Gasteiger charge is -2.19. The summed E-state index contributed by atoms with van der Waals surface area (Å²) in [7, 11) is 0. The second-order valence-electron chi connectivity index (χ2n) is 2.91. The van der Waals surface area contributed by atoms with Crippen molar-refractivity contribution in [1.82, 2.24) is 4.98 Å². The van der Waals surface area contributed by atoms with Crippen LogP contribution >= 0.6 is 0 Å². The molecule has 0 bridgehead atoms. The molecule has 0 aromatic carbocycles. The van der Waals surface area contributed by atoms with E-state index in [1.54, 1.807) is 6.07 Å². The molecule has 2 heterocycles. The molecule has 1 aromatic rings. The van der Waals surface area contributed by atoms with Crippen LogP contribution in [0.25, 0.3) is 0 Å². The van der Waals surface area contributed by atoms with Gasteiger partial charge in [-0.15, -0.1) is 0 Å². The van der Waals surface area contributed by atoms with Crippen LogP contribution in [0, 0.1) is 11.3 Å². The van der Waals surface area contributed by atoms with Gasteiger partial charge in [0, 0.05) is 12.7 Å². The summed E-state index contributed by atoms with van der Waals surface area (Å²) in [5.41, 5.74) is 0.449. The Bertz CT molecular complexity index is 426. The van der Waals surface area contributed by atoms with E-state index in [2.05, 4.69) is 4.98 Å². The minimum absolute atomic E-state index is 0.449. The van der Waals surface area contributed by atoms with E-state index in [0.717, 1.165) is 12.4 Å². The first kappa shape index (κ1) is 8.52. The molecule has 0 fully saturated rings. The number of anilines is 1. The highest BCUT2D eigenvalue weighted by Crippen LogP contribution is 2.13. The van der Waals surface area contributed by atoms with Crippen molar-refractivity contribution in [2.45, 2.75) is 0 Å². The average Bonchev–Trinajstić information content (AvgIpc) is 2.30. The second kappa shape index (κ2) is 3.75. The Morgan fingerprint density at radius 3 is 3.00 bits per heavy atom. The molecule has 1 aliphatic rings. The van der Waals surface area contributed by atoms with E-state index in [4.69, 9.17) is 5.26 Å². The van der Waals surface area contributed by atoms with Crippen molar-refractivity contribution in [3.8, 4) is 6.07 Å². The van der Waals surface area contributed by atoms with Gasteiger partial charge in [0.1, 0.15) is 17.6 Å². The quantitative estimate of drug-likeness (QED) is 0.667. The molecule has 0 aliphatic carbocycles. The second-order valence-corrected chi connectivity index (χ2v) is 2.91. The Kier molecular flexibility index (Phi) is 2.28. The molecule has 0 atom stereocenters. The van der Waals surface area contributed by atoms with E-state index < -0.39 is 0 Å². The van der Waals surface area contributed by atoms with Gasteiger partial charge in [-0.25, -0.2) is 4.98 Å². The first-order chi connectivity index (χ1) is 6.90. The van der Waals surface area contributed by atoms with Crippen LogP contribution in [0.3, 0.4) is 0 Å². The molecule has 0 unspecified atom stereocenters. The van der Waals surface area contributed by atoms with E-state index in [-0.39, 0.29) is 0 Å². The van der Waals surface area contributed by atoms with Crippen molar-refractivity contribution in [2.24, 2.45) is 0 Å². The lowest BCUT2D eigenvalue weighted by atomic mass is 10.3. The lowest BCUT2D eigenvalue weighted by Crippen LogP contribution is -2.18. The molecule has 0 N–H and O–H groups in total. The molecule has 1 aromatic heterocycles. The number of allylic oxidation sites excluding steroid dienone is 2. The van der Waals surface area contributed by atoms with E-state index in [0.29, 0.717) is 5.69 Å². The standard InChI is InChI=1S/C11H9N3/c12-9-10-5-4-6-11(13-10)14-7-2-1-3-8-14/h1-7H,8H2. The van der Waals surface area contributed by atoms with Gasteiger partial charge in [0.15, 0.2) is 0 Å². The number of nitriles is 1. The normalized spacial score (nSPS) is 14.1. The minimum atomic E-state index is 0.449. The molecule has 0 spiro atoms. The fourth-order valence-corrected chi connectivity index (χ4v) is 1.28. The highest BCUT2D eigenvalue weighted by Gasteiger charge is 2.04. The van der Waals surface area contributed by atoms with E-state index >= 15 is 0 Å². The predicted octanol–water partition coefficient (Wildman–Crippen LogP) is 1.84. The zero-order valence-corrected chi connectivity index (χ0v) is 7.59. The van der Waals surface area contributed by atoms with Crippen LogP contribution in [0.4, 0.5) is 5.82 Å². The number of hydrogen-bond acceptors (Lipinski definition) is 3. The Hall–Kier alpha value is -2.08. The van der Waals surface area contributed by atoms with Gasteiger partial charge >= 0.3 is 0 Å². The first-order valence-electron chi connectivity index (χ1n) is 4.37. The van der Waals surface area contributed by atoms with Crippen LogP contribution < -0.4 is 4.90 Å². The molecule has 2 rings (SSSR count). The third-order valence-electron chi connectivity index (χ3n) is 1.96. The Morgan fingerprint density at radius 1 is 1.36 bits per heavy atom. The number of aromatic nitrogens is 1. The molecule has 14 heavy (non-hydrogen) atoms. The largest absolute Gasteiger partial charge is 0.329 e. The van der Waals surface area contributed by atoms with Crippen molar-refractivity contribution in [2.75, 3.05) is 11.4 Å². The van der Waals surface area contributed by atoms with Gasteiger partial charge in [-0.3, -0.25) is 0 Å². The number of hydrogen-bond donors (Lipinski definition) is 0. The lowest BCUT2D eigenvalue weighted by molar-refractivity contribution is 1.02. The SMILES string of the molecule is N#Cc1cccc(N2C=CC=CC2)n1. The van der Waals surface area contributed by atoms with Gasteiger partial charge in [0.05, 0.1) is 0 Å². The number of nitrogens with zero attached hydrogens (tertiary/aromatic N) is 3. The number of rotatable bonds is 1. The maximum absolute atomic E-state index is 8.70. The highest BCUT2D eigenvalue weighted by atomic mass is 15.2. The fraction of sp³-hybridized carbons (Fsp3) is 0.0909. The van der Waals surface area contributed by atoms with Crippen LogP contribution in [0.15, 0.2) is 42.6 Å². The predicted molar refractivity (Wildman–Crippen MR) is 54.6 cm³/mol. The molecule has 0 radical (unpaired) electrons. The maximum Gasteiger partial charge on any atom is 0.142 e. The van der Waals surface area contributed by atoms with Gasteiger partial charge in [-0.05, 0) is 18.2 Å². The zero-order valence-electron chi connectivity index (χ0n) is 7.59. The van der Waals surface area contributed by atoms with Gasteiger partial charge in [-0.1, -0.05) is 18.2 Å². The highest BCUT2D eigenvalue weighted by molar-refractivity contribution is 5.46. The van der Waals surface area contributed by atoms with Gasteiger partial charge in [0.2, 0.25) is 0 Å². The molecular formula is C11H9N3. The third-order valence-corrected chi connectivity index (χ3v) is 1.96. The molecule has 0 saturated heterocycles. The van der Waals surface area contributed by atoms with Crippen LogP contribution in [0.1, 0.15) is 5.69 Å². The van der Waals surface area contributed by atoms with E-state index in [1.165, 1.54) is 0 Å². The summed E-state index contributed by atoms with van der Waals surface area (Å²) in [6, 6.07) is 7.46. The van der Waals surface area contributed by atoms with Gasteiger partial charge in [-0.2, -0.15) is 5.26 Å². The number of pyridine rings is 1. The van der Waals surface area contributed by atoms with Crippen LogP contribution in [0.2, 0.25) is 0 Å².